The summed E-state index contributed by atoms with van der Waals surface area (Å²) in [5.41, 5.74) is 1.06. The van der Waals surface area contributed by atoms with Crippen LogP contribution in [0.25, 0.3) is 0 Å². The van der Waals surface area contributed by atoms with E-state index in [1.54, 1.807) is 36.5 Å². The first-order chi connectivity index (χ1) is 10.9. The molecular weight excluding hydrogens is 380 g/mol. The molecule has 0 spiro atoms. The van der Waals surface area contributed by atoms with Gasteiger partial charge in [-0.15, -0.1) is 0 Å². The van der Waals surface area contributed by atoms with Gasteiger partial charge in [-0.05, 0) is 43.2 Å². The summed E-state index contributed by atoms with van der Waals surface area (Å²) in [5, 5.41) is 0. The van der Waals surface area contributed by atoms with Crippen LogP contribution in [0.4, 0.5) is 0 Å². The number of aromatic nitrogens is 1. The molecule has 1 fully saturated rings. The molecule has 1 aromatic heterocycles. The fourth-order valence-electron chi connectivity index (χ4n) is 2.46. The van der Waals surface area contributed by atoms with Crippen molar-refractivity contribution in [1.82, 2.24) is 9.29 Å². The molecule has 1 saturated heterocycles. The Morgan fingerprint density at radius 1 is 1.22 bits per heavy atom. The van der Waals surface area contributed by atoms with Crippen molar-refractivity contribution in [3.8, 4) is 5.88 Å². The van der Waals surface area contributed by atoms with Crippen LogP contribution in [0.15, 0.2) is 52.0 Å². The number of pyridine rings is 1. The van der Waals surface area contributed by atoms with Gasteiger partial charge in [0.15, 0.2) is 0 Å². The van der Waals surface area contributed by atoms with E-state index in [2.05, 4.69) is 20.9 Å². The largest absolute Gasteiger partial charge is 0.473 e. The van der Waals surface area contributed by atoms with Crippen molar-refractivity contribution >= 4 is 26.0 Å². The van der Waals surface area contributed by atoms with Crippen molar-refractivity contribution in [1.29, 1.82) is 0 Å². The Morgan fingerprint density at radius 2 is 1.96 bits per heavy atom. The minimum atomic E-state index is -3.48. The van der Waals surface area contributed by atoms with Crippen molar-refractivity contribution in [3.05, 3.63) is 52.6 Å². The van der Waals surface area contributed by atoms with Crippen LogP contribution in [0.5, 0.6) is 5.88 Å². The first-order valence-electron chi connectivity index (χ1n) is 7.30. The van der Waals surface area contributed by atoms with Crippen LogP contribution < -0.4 is 4.74 Å². The lowest BCUT2D eigenvalue weighted by atomic mass is 10.3. The van der Waals surface area contributed by atoms with Crippen LogP contribution in [0.3, 0.4) is 0 Å². The predicted octanol–water partition coefficient (Wildman–Crippen LogP) is 2.99. The van der Waals surface area contributed by atoms with Gasteiger partial charge in [-0.1, -0.05) is 22.0 Å². The van der Waals surface area contributed by atoms with E-state index in [0.29, 0.717) is 30.3 Å². The van der Waals surface area contributed by atoms with Gasteiger partial charge in [-0.25, -0.2) is 13.4 Å². The summed E-state index contributed by atoms with van der Waals surface area (Å²) in [6, 6.07) is 10.4. The maximum Gasteiger partial charge on any atom is 0.243 e. The van der Waals surface area contributed by atoms with Crippen LogP contribution in [0.2, 0.25) is 0 Å². The highest BCUT2D eigenvalue weighted by Crippen LogP contribution is 2.24. The maximum atomic E-state index is 12.6. The third-order valence-electron chi connectivity index (χ3n) is 3.73. The first kappa shape index (κ1) is 16.4. The molecule has 0 bridgehead atoms. The predicted molar refractivity (Wildman–Crippen MR) is 90.9 cm³/mol. The zero-order valence-corrected chi connectivity index (χ0v) is 15.0. The molecule has 0 radical (unpaired) electrons. The lowest BCUT2D eigenvalue weighted by molar-refractivity contribution is 0.207. The minimum absolute atomic E-state index is 0.171. The SMILES string of the molecule is Cc1ccc(O[C@@H]2CCN(S(=O)(=O)c3ccc(Br)cc3)C2)nc1. The van der Waals surface area contributed by atoms with E-state index in [9.17, 15) is 8.42 Å². The molecule has 1 aromatic carbocycles. The molecule has 7 heteroatoms. The van der Waals surface area contributed by atoms with E-state index in [0.717, 1.165) is 10.0 Å². The van der Waals surface area contributed by atoms with Gasteiger partial charge in [0, 0.05) is 23.3 Å². The molecule has 0 aliphatic carbocycles. The first-order valence-corrected chi connectivity index (χ1v) is 9.53. The standard InChI is InChI=1S/C16H17BrN2O3S/c1-12-2-7-16(18-10-12)22-14-8-9-19(11-14)23(20,21)15-5-3-13(17)4-6-15/h2-7,10,14H,8-9,11H2,1H3/t14-/m1/s1. The van der Waals surface area contributed by atoms with Gasteiger partial charge >= 0.3 is 0 Å². The number of aryl methyl sites for hydroxylation is 1. The Hall–Kier alpha value is -1.44. The van der Waals surface area contributed by atoms with Crippen molar-refractivity contribution in [2.45, 2.75) is 24.3 Å². The second kappa shape index (κ2) is 6.59. The number of rotatable bonds is 4. The molecule has 1 aliphatic heterocycles. The maximum absolute atomic E-state index is 12.6. The summed E-state index contributed by atoms with van der Waals surface area (Å²) in [4.78, 5) is 4.50. The quantitative estimate of drug-likeness (QED) is 0.796. The normalized spacial score (nSPS) is 19.0. The summed E-state index contributed by atoms with van der Waals surface area (Å²) >= 11 is 3.31. The third-order valence-corrected chi connectivity index (χ3v) is 6.14. The molecule has 3 rings (SSSR count). The minimum Gasteiger partial charge on any atom is -0.473 e. The van der Waals surface area contributed by atoms with Gasteiger partial charge in [-0.3, -0.25) is 0 Å². The Labute approximate surface area is 144 Å². The van der Waals surface area contributed by atoms with E-state index in [1.165, 1.54) is 4.31 Å². The number of sulfonamides is 1. The average molecular weight is 397 g/mol. The molecule has 5 nitrogen and oxygen atoms in total. The van der Waals surface area contributed by atoms with E-state index >= 15 is 0 Å². The molecule has 1 atom stereocenters. The topological polar surface area (TPSA) is 59.5 Å². The summed E-state index contributed by atoms with van der Waals surface area (Å²) in [7, 11) is -3.48. The Bertz CT molecular complexity index is 776. The molecule has 23 heavy (non-hydrogen) atoms. The molecule has 2 aromatic rings. The van der Waals surface area contributed by atoms with Crippen molar-refractivity contribution < 1.29 is 13.2 Å². The Balaban J connectivity index is 1.69. The van der Waals surface area contributed by atoms with E-state index in [4.69, 9.17) is 4.74 Å². The lowest BCUT2D eigenvalue weighted by Gasteiger charge is -2.17. The molecule has 0 saturated carbocycles. The number of halogens is 1. The van der Waals surface area contributed by atoms with Gasteiger partial charge < -0.3 is 4.74 Å². The van der Waals surface area contributed by atoms with Crippen molar-refractivity contribution in [2.75, 3.05) is 13.1 Å². The van der Waals surface area contributed by atoms with Crippen LogP contribution in [0, 0.1) is 6.92 Å². The molecule has 0 amide bonds. The van der Waals surface area contributed by atoms with E-state index in [1.807, 2.05) is 13.0 Å². The highest BCUT2D eigenvalue weighted by molar-refractivity contribution is 9.10. The van der Waals surface area contributed by atoms with Gasteiger partial charge in [-0.2, -0.15) is 4.31 Å². The second-order valence-electron chi connectivity index (χ2n) is 5.52. The zero-order valence-electron chi connectivity index (χ0n) is 12.6. The third kappa shape index (κ3) is 3.73. The van der Waals surface area contributed by atoms with Crippen molar-refractivity contribution in [2.24, 2.45) is 0 Å². The van der Waals surface area contributed by atoms with Gasteiger partial charge in [0.2, 0.25) is 15.9 Å². The average Bonchev–Trinajstić information content (AvgIpc) is 2.99. The van der Waals surface area contributed by atoms with Gasteiger partial charge in [0.05, 0.1) is 11.4 Å². The lowest BCUT2D eigenvalue weighted by Crippen LogP contribution is -2.31. The Kier molecular flexibility index (Phi) is 4.70. The number of ether oxygens (including phenoxy) is 1. The Morgan fingerprint density at radius 3 is 2.61 bits per heavy atom. The molecule has 122 valence electrons. The van der Waals surface area contributed by atoms with Gasteiger partial charge in [0.25, 0.3) is 0 Å². The zero-order chi connectivity index (χ0) is 16.4. The molecule has 1 aliphatic rings. The molecule has 0 unspecified atom stereocenters. The molecule has 2 heterocycles. The highest BCUT2D eigenvalue weighted by Gasteiger charge is 2.33. The van der Waals surface area contributed by atoms with Crippen LogP contribution >= 0.6 is 15.9 Å². The van der Waals surface area contributed by atoms with Crippen LogP contribution in [-0.2, 0) is 10.0 Å². The number of hydrogen-bond donors (Lipinski definition) is 0. The molecular formula is C16H17BrN2O3S. The summed E-state index contributed by atoms with van der Waals surface area (Å²) in [5.74, 6) is 0.531. The van der Waals surface area contributed by atoms with Crippen molar-refractivity contribution in [3.63, 3.8) is 0 Å². The fourth-order valence-corrected chi connectivity index (χ4v) is 4.21. The summed E-state index contributed by atoms with van der Waals surface area (Å²) < 4.78 is 33.4. The number of nitrogens with zero attached hydrogens (tertiary/aromatic N) is 2. The highest BCUT2D eigenvalue weighted by atomic mass is 79.9. The van der Waals surface area contributed by atoms with Crippen LogP contribution in [0.1, 0.15) is 12.0 Å². The molecule has 0 N–H and O–H groups in total. The van der Waals surface area contributed by atoms with E-state index in [-0.39, 0.29) is 6.10 Å². The fraction of sp³-hybridized carbons (Fsp3) is 0.312. The smallest absolute Gasteiger partial charge is 0.243 e. The number of hydrogen-bond acceptors (Lipinski definition) is 4. The van der Waals surface area contributed by atoms with E-state index < -0.39 is 10.0 Å². The summed E-state index contributed by atoms with van der Waals surface area (Å²) in [6.45, 7) is 2.75. The number of benzene rings is 1. The second-order valence-corrected chi connectivity index (χ2v) is 8.37. The van der Waals surface area contributed by atoms with Crippen LogP contribution in [-0.4, -0.2) is 36.9 Å². The monoisotopic (exact) mass is 396 g/mol. The van der Waals surface area contributed by atoms with Gasteiger partial charge in [0.1, 0.15) is 6.10 Å². The summed E-state index contributed by atoms with van der Waals surface area (Å²) in [6.07, 6.45) is 2.22.